The van der Waals surface area contributed by atoms with Gasteiger partial charge in [0.1, 0.15) is 0 Å². The Balaban J connectivity index is 2.52. The third kappa shape index (κ3) is 6.44. The average Bonchev–Trinajstić information content (AvgIpc) is 2.43. The van der Waals surface area contributed by atoms with Crippen LogP contribution in [0.15, 0.2) is 24.3 Å². The van der Waals surface area contributed by atoms with Crippen LogP contribution in [0.1, 0.15) is 17.5 Å². The third-order valence-corrected chi connectivity index (χ3v) is 3.02. The Hall–Kier alpha value is -1.60. The molecule has 1 rings (SSSR count). The van der Waals surface area contributed by atoms with Crippen molar-refractivity contribution in [2.45, 2.75) is 19.1 Å². The normalized spacial score (nSPS) is 11.7. The molecular weight excluding hydrogens is 297 g/mol. The molecule has 0 bridgehead atoms. The van der Waals surface area contributed by atoms with Crippen LogP contribution < -0.4 is 5.32 Å². The van der Waals surface area contributed by atoms with E-state index in [0.717, 1.165) is 6.07 Å². The van der Waals surface area contributed by atoms with Crippen LogP contribution >= 0.6 is 0 Å². The first-order valence-corrected chi connectivity index (χ1v) is 6.94. The lowest BCUT2D eigenvalue weighted by Crippen LogP contribution is -2.35. The van der Waals surface area contributed by atoms with Gasteiger partial charge in [-0.2, -0.15) is 13.2 Å². The first-order chi connectivity index (χ1) is 10.3. The summed E-state index contributed by atoms with van der Waals surface area (Å²) < 4.78 is 43.5. The number of halogens is 3. The van der Waals surface area contributed by atoms with E-state index in [9.17, 15) is 18.0 Å². The van der Waals surface area contributed by atoms with Crippen LogP contribution in [0.2, 0.25) is 0 Å². The minimum Gasteiger partial charge on any atom is -0.385 e. The van der Waals surface area contributed by atoms with Crippen molar-refractivity contribution in [2.75, 3.05) is 33.9 Å². The van der Waals surface area contributed by atoms with Crippen LogP contribution in [0.5, 0.6) is 0 Å². The number of benzene rings is 1. The summed E-state index contributed by atoms with van der Waals surface area (Å²) in [6.07, 6.45) is -3.69. The van der Waals surface area contributed by atoms with Crippen molar-refractivity contribution in [1.82, 2.24) is 10.2 Å². The van der Waals surface area contributed by atoms with Gasteiger partial charge in [0, 0.05) is 26.8 Å². The second-order valence-corrected chi connectivity index (χ2v) is 5.02. The second-order valence-electron chi connectivity index (χ2n) is 5.02. The predicted octanol–water partition coefficient (Wildman–Crippen LogP) is 2.29. The maximum absolute atomic E-state index is 12.9. The zero-order chi connectivity index (χ0) is 16.6. The van der Waals surface area contributed by atoms with E-state index in [0.29, 0.717) is 19.6 Å². The smallest absolute Gasteiger partial charge is 0.385 e. The van der Waals surface area contributed by atoms with E-state index in [1.165, 1.54) is 12.1 Å². The molecule has 1 N–H and O–H groups in total. The van der Waals surface area contributed by atoms with Crippen LogP contribution in [0.4, 0.5) is 13.2 Å². The molecule has 0 saturated carbocycles. The number of likely N-dealkylation sites (N-methyl/N-ethyl adjacent to an activating group) is 1. The van der Waals surface area contributed by atoms with E-state index in [1.54, 1.807) is 25.1 Å². The molecule has 1 amide bonds. The highest BCUT2D eigenvalue weighted by Gasteiger charge is 2.33. The van der Waals surface area contributed by atoms with Crippen molar-refractivity contribution in [2.24, 2.45) is 0 Å². The van der Waals surface area contributed by atoms with Crippen LogP contribution in [0.3, 0.4) is 0 Å². The number of amides is 1. The maximum atomic E-state index is 12.9. The highest BCUT2D eigenvalue weighted by molar-refractivity contribution is 5.77. The Morgan fingerprint density at radius 1 is 1.32 bits per heavy atom. The van der Waals surface area contributed by atoms with Gasteiger partial charge in [-0.1, -0.05) is 18.2 Å². The van der Waals surface area contributed by atoms with Crippen LogP contribution in [0, 0.1) is 0 Å². The first kappa shape index (κ1) is 18.4. The fourth-order valence-electron chi connectivity index (χ4n) is 2.03. The lowest BCUT2D eigenvalue weighted by atomic mass is 10.1. The SMILES string of the molecule is COCCCNC(=O)CN(C)Cc1ccccc1C(F)(F)F. The van der Waals surface area contributed by atoms with Crippen molar-refractivity contribution in [1.29, 1.82) is 0 Å². The zero-order valence-corrected chi connectivity index (χ0v) is 12.7. The highest BCUT2D eigenvalue weighted by Crippen LogP contribution is 2.32. The number of methoxy groups -OCH3 is 1. The number of alkyl halides is 3. The third-order valence-electron chi connectivity index (χ3n) is 3.02. The summed E-state index contributed by atoms with van der Waals surface area (Å²) in [4.78, 5) is 13.2. The van der Waals surface area contributed by atoms with Gasteiger partial charge in [0.15, 0.2) is 0 Å². The molecule has 0 heterocycles. The van der Waals surface area contributed by atoms with Gasteiger partial charge in [-0.05, 0) is 25.1 Å². The van der Waals surface area contributed by atoms with Crippen LogP contribution in [-0.4, -0.2) is 44.7 Å². The number of carbonyl (C=O) groups is 1. The average molecular weight is 318 g/mol. The van der Waals surface area contributed by atoms with E-state index in [4.69, 9.17) is 4.74 Å². The van der Waals surface area contributed by atoms with Crippen LogP contribution in [-0.2, 0) is 22.3 Å². The summed E-state index contributed by atoms with van der Waals surface area (Å²) in [7, 11) is 3.19. The summed E-state index contributed by atoms with van der Waals surface area (Å²) in [5, 5.41) is 2.70. The van der Waals surface area contributed by atoms with Crippen molar-refractivity contribution in [3.8, 4) is 0 Å². The van der Waals surface area contributed by atoms with E-state index < -0.39 is 11.7 Å². The summed E-state index contributed by atoms with van der Waals surface area (Å²) in [5.74, 6) is -0.219. The van der Waals surface area contributed by atoms with Crippen molar-refractivity contribution >= 4 is 5.91 Å². The lowest BCUT2D eigenvalue weighted by molar-refractivity contribution is -0.138. The summed E-state index contributed by atoms with van der Waals surface area (Å²) in [6.45, 7) is 1.13. The monoisotopic (exact) mass is 318 g/mol. The van der Waals surface area contributed by atoms with Gasteiger partial charge in [-0.3, -0.25) is 9.69 Å². The molecule has 0 atom stereocenters. The van der Waals surface area contributed by atoms with Gasteiger partial charge >= 0.3 is 6.18 Å². The summed E-state index contributed by atoms with van der Waals surface area (Å²) in [6, 6.07) is 5.39. The van der Waals surface area contributed by atoms with Gasteiger partial charge in [-0.15, -0.1) is 0 Å². The molecule has 4 nitrogen and oxygen atoms in total. The molecule has 1 aromatic carbocycles. The highest BCUT2D eigenvalue weighted by atomic mass is 19.4. The van der Waals surface area contributed by atoms with Gasteiger partial charge in [0.05, 0.1) is 12.1 Å². The summed E-state index contributed by atoms with van der Waals surface area (Å²) in [5.41, 5.74) is -0.507. The lowest BCUT2D eigenvalue weighted by Gasteiger charge is -2.19. The quantitative estimate of drug-likeness (QED) is 0.748. The van der Waals surface area contributed by atoms with Gasteiger partial charge < -0.3 is 10.1 Å². The largest absolute Gasteiger partial charge is 0.416 e. The molecule has 0 saturated heterocycles. The molecule has 0 radical (unpaired) electrons. The molecule has 0 aromatic heterocycles. The van der Waals surface area contributed by atoms with Crippen LogP contribution in [0.25, 0.3) is 0 Å². The summed E-state index contributed by atoms with van der Waals surface area (Å²) >= 11 is 0. The standard InChI is InChI=1S/C15H21F3N2O2/c1-20(11-14(21)19-8-5-9-22-2)10-12-6-3-4-7-13(12)15(16,17)18/h3-4,6-7H,5,8-11H2,1-2H3,(H,19,21). The fraction of sp³-hybridized carbons (Fsp3) is 0.533. The number of carbonyl (C=O) groups excluding carboxylic acids is 1. The molecule has 1 aromatic rings. The number of hydrogen-bond acceptors (Lipinski definition) is 3. The molecule has 124 valence electrons. The fourth-order valence-corrected chi connectivity index (χ4v) is 2.03. The molecule has 0 unspecified atom stereocenters. The minimum absolute atomic E-state index is 0.0408. The molecule has 0 fully saturated rings. The van der Waals surface area contributed by atoms with E-state index >= 15 is 0 Å². The Kier molecular flexibility index (Phi) is 7.34. The van der Waals surface area contributed by atoms with Crippen molar-refractivity contribution < 1.29 is 22.7 Å². The van der Waals surface area contributed by atoms with Gasteiger partial charge in [0.25, 0.3) is 0 Å². The molecule has 0 aliphatic rings. The van der Waals surface area contributed by atoms with E-state index in [1.807, 2.05) is 0 Å². The molecule has 0 aliphatic heterocycles. The zero-order valence-electron chi connectivity index (χ0n) is 12.7. The molecule has 0 spiro atoms. The van der Waals surface area contributed by atoms with E-state index in [-0.39, 0.29) is 24.6 Å². The Morgan fingerprint density at radius 3 is 2.64 bits per heavy atom. The van der Waals surface area contributed by atoms with Crippen molar-refractivity contribution in [3.63, 3.8) is 0 Å². The number of hydrogen-bond donors (Lipinski definition) is 1. The van der Waals surface area contributed by atoms with Crippen molar-refractivity contribution in [3.05, 3.63) is 35.4 Å². The molecule has 0 aliphatic carbocycles. The topological polar surface area (TPSA) is 41.6 Å². The molecule has 22 heavy (non-hydrogen) atoms. The van der Waals surface area contributed by atoms with Gasteiger partial charge in [0.2, 0.25) is 5.91 Å². The Morgan fingerprint density at radius 2 is 2.00 bits per heavy atom. The predicted molar refractivity (Wildman–Crippen MR) is 77.3 cm³/mol. The molecule has 7 heteroatoms. The second kappa shape index (κ2) is 8.75. The maximum Gasteiger partial charge on any atom is 0.416 e. The first-order valence-electron chi connectivity index (χ1n) is 6.94. The number of ether oxygens (including phenoxy) is 1. The van der Waals surface area contributed by atoms with Gasteiger partial charge in [-0.25, -0.2) is 0 Å². The van der Waals surface area contributed by atoms with E-state index in [2.05, 4.69) is 5.32 Å². The number of nitrogens with one attached hydrogen (secondary N) is 1. The Labute approximate surface area is 128 Å². The number of nitrogens with zero attached hydrogens (tertiary/aromatic N) is 1. The Bertz CT molecular complexity index is 478. The number of rotatable bonds is 8. The molecular formula is C15H21F3N2O2. The minimum atomic E-state index is -4.39.